The van der Waals surface area contributed by atoms with E-state index in [1.807, 2.05) is 11.8 Å². The lowest BCUT2D eigenvalue weighted by molar-refractivity contribution is 0.675. The Labute approximate surface area is 91.7 Å². The molecular weight excluding hydrogens is 212 g/mol. The molecule has 0 radical (unpaired) electrons. The predicted octanol–water partition coefficient (Wildman–Crippen LogP) is 2.66. The van der Waals surface area contributed by atoms with Gasteiger partial charge in [-0.05, 0) is 19.4 Å². The lowest BCUT2D eigenvalue weighted by atomic mass is 10.1. The molecule has 0 bridgehead atoms. The van der Waals surface area contributed by atoms with Crippen molar-refractivity contribution >= 4 is 22.6 Å². The Morgan fingerprint density at radius 2 is 2.00 bits per heavy atom. The third-order valence-corrected chi connectivity index (χ3v) is 6.70. The summed E-state index contributed by atoms with van der Waals surface area (Å²) in [6.07, 6.45) is 0. The molecule has 1 aromatic rings. The van der Waals surface area contributed by atoms with Crippen molar-refractivity contribution in [3.8, 4) is 0 Å². The van der Waals surface area contributed by atoms with Gasteiger partial charge in [-0.25, -0.2) is 0 Å². The van der Waals surface area contributed by atoms with Crippen LogP contribution in [-0.2, 0) is 14.9 Å². The molecule has 0 N–H and O–H groups in total. The van der Waals surface area contributed by atoms with Crippen LogP contribution in [0.5, 0.6) is 0 Å². The first-order valence-corrected chi connectivity index (χ1v) is 7.03. The maximum absolute atomic E-state index is 11.9. The fourth-order valence-corrected chi connectivity index (χ4v) is 5.09. The second-order valence-corrected chi connectivity index (χ2v) is 7.40. The Morgan fingerprint density at radius 3 is 2.50 bits per heavy atom. The average Bonchev–Trinajstić information content (AvgIpc) is 2.49. The Morgan fingerprint density at radius 1 is 1.36 bits per heavy atom. The molecule has 1 aliphatic rings. The molecule has 0 amide bonds. The zero-order valence-electron chi connectivity index (χ0n) is 8.45. The summed E-state index contributed by atoms with van der Waals surface area (Å²) >= 11 is 1.81. The van der Waals surface area contributed by atoms with Crippen LogP contribution in [0.3, 0.4) is 0 Å². The average molecular weight is 226 g/mol. The number of benzene rings is 1. The van der Waals surface area contributed by atoms with E-state index < -0.39 is 10.8 Å². The van der Waals surface area contributed by atoms with Gasteiger partial charge in [0.25, 0.3) is 0 Å². The van der Waals surface area contributed by atoms with Crippen molar-refractivity contribution < 1.29 is 4.21 Å². The van der Waals surface area contributed by atoms with Gasteiger partial charge in [0.05, 0.1) is 0 Å². The molecule has 2 rings (SSSR count). The van der Waals surface area contributed by atoms with Crippen LogP contribution in [0.2, 0.25) is 0 Å². The second-order valence-electron chi connectivity index (χ2n) is 3.71. The van der Waals surface area contributed by atoms with E-state index in [1.54, 1.807) is 0 Å². The summed E-state index contributed by atoms with van der Waals surface area (Å²) in [6.45, 7) is 4.16. The number of hydrogen-bond donors (Lipinski definition) is 0. The van der Waals surface area contributed by atoms with E-state index in [1.165, 1.54) is 11.1 Å². The molecule has 1 nitrogen and oxygen atoms in total. The van der Waals surface area contributed by atoms with Crippen LogP contribution in [-0.4, -0.2) is 15.7 Å². The molecule has 1 aliphatic heterocycles. The Bertz CT molecular complexity index is 358. The minimum atomic E-state index is -0.721. The van der Waals surface area contributed by atoms with Gasteiger partial charge in [-0.15, -0.1) is 11.8 Å². The number of hydrogen-bond acceptors (Lipinski definition) is 2. The van der Waals surface area contributed by atoms with Crippen LogP contribution < -0.4 is 0 Å². The van der Waals surface area contributed by atoms with Crippen molar-refractivity contribution in [3.63, 3.8) is 0 Å². The Hall–Kier alpha value is -0.280. The van der Waals surface area contributed by atoms with Crippen molar-refractivity contribution in [2.45, 2.75) is 17.9 Å². The highest BCUT2D eigenvalue weighted by Gasteiger charge is 2.38. The fourth-order valence-electron chi connectivity index (χ4n) is 1.64. The molecule has 2 atom stereocenters. The monoisotopic (exact) mass is 226 g/mol. The first-order chi connectivity index (χ1) is 6.63. The topological polar surface area (TPSA) is 17.1 Å². The third-order valence-electron chi connectivity index (χ3n) is 2.66. The van der Waals surface area contributed by atoms with Gasteiger partial charge in [0.15, 0.2) is 0 Å². The van der Waals surface area contributed by atoms with Crippen LogP contribution in [0.25, 0.3) is 0 Å². The molecule has 1 heterocycles. The van der Waals surface area contributed by atoms with Crippen LogP contribution in [0.4, 0.5) is 0 Å². The molecular formula is C11H14OS2. The van der Waals surface area contributed by atoms with Gasteiger partial charge in [-0.1, -0.05) is 29.8 Å². The summed E-state index contributed by atoms with van der Waals surface area (Å²) in [5, 5.41) is 0. The standard InChI is InChI=1S/C11H14OS2/c1-9-3-5-10(6-4-9)11(2)13-7-8-14(11)12/h3-6H,7-8H2,1-2H3. The minimum Gasteiger partial charge on any atom is -0.258 e. The van der Waals surface area contributed by atoms with Crippen LogP contribution in [0.1, 0.15) is 18.1 Å². The summed E-state index contributed by atoms with van der Waals surface area (Å²) in [4.78, 5) is 0. The quantitative estimate of drug-likeness (QED) is 0.732. The SMILES string of the molecule is Cc1ccc(C2(C)SCCS2=O)cc1. The molecule has 1 aromatic carbocycles. The van der Waals surface area contributed by atoms with Gasteiger partial charge >= 0.3 is 0 Å². The highest BCUT2D eigenvalue weighted by molar-refractivity contribution is 8.14. The van der Waals surface area contributed by atoms with E-state index in [4.69, 9.17) is 0 Å². The largest absolute Gasteiger partial charge is 0.258 e. The summed E-state index contributed by atoms with van der Waals surface area (Å²) in [5.41, 5.74) is 2.45. The molecule has 2 unspecified atom stereocenters. The van der Waals surface area contributed by atoms with Crippen molar-refractivity contribution in [3.05, 3.63) is 35.4 Å². The maximum atomic E-state index is 11.9. The van der Waals surface area contributed by atoms with E-state index in [2.05, 4.69) is 38.1 Å². The minimum absolute atomic E-state index is 0.173. The van der Waals surface area contributed by atoms with Crippen LogP contribution in [0.15, 0.2) is 24.3 Å². The normalized spacial score (nSPS) is 32.0. The molecule has 0 spiro atoms. The highest BCUT2D eigenvalue weighted by atomic mass is 32.2. The smallest absolute Gasteiger partial charge is 0.113 e. The fraction of sp³-hybridized carbons (Fsp3) is 0.455. The van der Waals surface area contributed by atoms with Gasteiger partial charge in [-0.2, -0.15) is 0 Å². The zero-order chi connectivity index (χ0) is 10.2. The summed E-state index contributed by atoms with van der Waals surface area (Å²) < 4.78 is 11.7. The predicted molar refractivity (Wildman–Crippen MR) is 64.0 cm³/mol. The number of thioether (sulfide) groups is 1. The van der Waals surface area contributed by atoms with Gasteiger partial charge in [0.2, 0.25) is 0 Å². The first kappa shape index (κ1) is 10.2. The molecule has 1 fully saturated rings. The lowest BCUT2D eigenvalue weighted by Gasteiger charge is -2.21. The molecule has 0 aromatic heterocycles. The molecule has 3 heteroatoms. The van der Waals surface area contributed by atoms with Gasteiger partial charge < -0.3 is 0 Å². The summed E-state index contributed by atoms with van der Waals surface area (Å²) in [6, 6.07) is 8.39. The molecule has 76 valence electrons. The van der Waals surface area contributed by atoms with Crippen LogP contribution in [0, 0.1) is 6.92 Å². The highest BCUT2D eigenvalue weighted by Crippen LogP contribution is 2.44. The van der Waals surface area contributed by atoms with Crippen molar-refractivity contribution in [2.75, 3.05) is 11.5 Å². The number of aryl methyl sites for hydroxylation is 1. The molecule has 14 heavy (non-hydrogen) atoms. The van der Waals surface area contributed by atoms with E-state index in [0.717, 1.165) is 11.5 Å². The second kappa shape index (κ2) is 3.70. The van der Waals surface area contributed by atoms with E-state index in [-0.39, 0.29) is 4.08 Å². The molecule has 1 saturated heterocycles. The molecule has 0 aliphatic carbocycles. The Balaban J connectivity index is 2.38. The van der Waals surface area contributed by atoms with Gasteiger partial charge in [-0.3, -0.25) is 4.21 Å². The third kappa shape index (κ3) is 1.63. The maximum Gasteiger partial charge on any atom is 0.113 e. The summed E-state index contributed by atoms with van der Waals surface area (Å²) in [5.74, 6) is 1.84. The summed E-state index contributed by atoms with van der Waals surface area (Å²) in [7, 11) is -0.721. The van der Waals surface area contributed by atoms with E-state index in [0.29, 0.717) is 0 Å². The van der Waals surface area contributed by atoms with Gasteiger partial charge in [0.1, 0.15) is 4.08 Å². The lowest BCUT2D eigenvalue weighted by Crippen LogP contribution is -2.19. The first-order valence-electron chi connectivity index (χ1n) is 4.72. The van der Waals surface area contributed by atoms with Crippen molar-refractivity contribution in [1.82, 2.24) is 0 Å². The van der Waals surface area contributed by atoms with Crippen molar-refractivity contribution in [2.24, 2.45) is 0 Å². The van der Waals surface area contributed by atoms with Crippen molar-refractivity contribution in [1.29, 1.82) is 0 Å². The number of rotatable bonds is 1. The van der Waals surface area contributed by atoms with E-state index >= 15 is 0 Å². The molecule has 0 saturated carbocycles. The van der Waals surface area contributed by atoms with Gasteiger partial charge in [0, 0.05) is 22.3 Å². The van der Waals surface area contributed by atoms with E-state index in [9.17, 15) is 4.21 Å². The Kier molecular flexibility index (Phi) is 2.71. The van der Waals surface area contributed by atoms with Crippen LogP contribution >= 0.6 is 11.8 Å². The zero-order valence-corrected chi connectivity index (χ0v) is 10.1.